The predicted octanol–water partition coefficient (Wildman–Crippen LogP) is 3.82. The summed E-state index contributed by atoms with van der Waals surface area (Å²) in [5.74, 6) is 0.286. The van der Waals surface area contributed by atoms with E-state index in [4.69, 9.17) is 0 Å². The number of hydrogen-bond acceptors (Lipinski definition) is 4. The fourth-order valence-corrected chi connectivity index (χ4v) is 5.18. The van der Waals surface area contributed by atoms with Gasteiger partial charge in [-0.25, -0.2) is 0 Å². The molecule has 0 bridgehead atoms. The molecule has 0 heterocycles. The van der Waals surface area contributed by atoms with Crippen molar-refractivity contribution in [1.82, 2.24) is 5.32 Å². The maximum Gasteiger partial charge on any atom is 0.163 e. The molecule has 0 amide bonds. The van der Waals surface area contributed by atoms with Crippen molar-refractivity contribution >= 4 is 11.6 Å². The van der Waals surface area contributed by atoms with Gasteiger partial charge < -0.3 is 10.4 Å². The number of hydrogen-bond donors (Lipinski definition) is 2. The van der Waals surface area contributed by atoms with Gasteiger partial charge in [-0.3, -0.25) is 9.59 Å². The average Bonchev–Trinajstić information content (AvgIpc) is 2.93. The summed E-state index contributed by atoms with van der Waals surface area (Å²) < 4.78 is 0. The molecule has 0 fully saturated rings. The average molecular weight is 365 g/mol. The lowest BCUT2D eigenvalue weighted by molar-refractivity contribution is -0.115. The second-order valence-electron chi connectivity index (χ2n) is 8.03. The Hall–Kier alpha value is -2.20. The number of carbonyl (C=O) groups excluding carboxylic acids is 2. The second-order valence-corrected chi connectivity index (χ2v) is 8.03. The Morgan fingerprint density at radius 2 is 1.89 bits per heavy atom. The minimum atomic E-state index is -0.726. The number of ketones is 2. The van der Waals surface area contributed by atoms with Crippen LogP contribution in [0.25, 0.3) is 0 Å². The molecule has 1 aromatic carbocycles. The van der Waals surface area contributed by atoms with Gasteiger partial charge in [-0.15, -0.1) is 0 Å². The number of Topliss-reactive ketones (excluding diaryl/α,β-unsaturated/α-hetero) is 1. The minimum absolute atomic E-state index is 0.0762. The van der Waals surface area contributed by atoms with Crippen LogP contribution in [0.3, 0.4) is 0 Å². The highest BCUT2D eigenvalue weighted by atomic mass is 16.3. The van der Waals surface area contributed by atoms with E-state index in [-0.39, 0.29) is 17.5 Å². The highest BCUT2D eigenvalue weighted by Crippen LogP contribution is 2.53. The lowest BCUT2D eigenvalue weighted by Gasteiger charge is -2.24. The molecule has 4 rings (SSSR count). The lowest BCUT2D eigenvalue weighted by Crippen LogP contribution is -2.16. The molecule has 3 aliphatic carbocycles. The monoisotopic (exact) mass is 365 g/mol. The van der Waals surface area contributed by atoms with Crippen LogP contribution in [0.15, 0.2) is 29.0 Å². The zero-order chi connectivity index (χ0) is 19.3. The van der Waals surface area contributed by atoms with Crippen molar-refractivity contribution in [1.29, 1.82) is 0 Å². The topological polar surface area (TPSA) is 66.4 Å². The fourth-order valence-electron chi connectivity index (χ4n) is 5.18. The number of benzene rings is 1. The van der Waals surface area contributed by atoms with Crippen LogP contribution >= 0.6 is 0 Å². The zero-order valence-corrected chi connectivity index (χ0v) is 16.3. The Kier molecular flexibility index (Phi) is 4.55. The number of aliphatic hydroxyl groups excluding tert-OH is 1. The predicted molar refractivity (Wildman–Crippen MR) is 105 cm³/mol. The Morgan fingerprint density at radius 1 is 1.15 bits per heavy atom. The summed E-state index contributed by atoms with van der Waals surface area (Å²) in [5, 5.41) is 14.5. The molecule has 2 atom stereocenters. The molecular formula is C23H27NO3. The molecule has 142 valence electrons. The largest absolute Gasteiger partial charge is 0.392 e. The van der Waals surface area contributed by atoms with E-state index < -0.39 is 6.10 Å². The second kappa shape index (κ2) is 6.75. The lowest BCUT2D eigenvalue weighted by atomic mass is 9.79. The minimum Gasteiger partial charge on any atom is -0.392 e. The highest BCUT2D eigenvalue weighted by molar-refractivity contribution is 6.00. The third kappa shape index (κ3) is 2.78. The van der Waals surface area contributed by atoms with Crippen LogP contribution in [0.1, 0.15) is 83.7 Å². The van der Waals surface area contributed by atoms with E-state index in [1.807, 2.05) is 20.9 Å². The van der Waals surface area contributed by atoms with Crippen LogP contribution in [-0.2, 0) is 11.2 Å². The number of fused-ring (bicyclic) bond motifs is 3. The summed E-state index contributed by atoms with van der Waals surface area (Å²) in [4.78, 5) is 24.6. The molecule has 0 aromatic heterocycles. The quantitative estimate of drug-likeness (QED) is 0.836. The number of carbonyl (C=O) groups is 2. The summed E-state index contributed by atoms with van der Waals surface area (Å²) in [6.07, 6.45) is 5.66. The van der Waals surface area contributed by atoms with Crippen LogP contribution in [0.2, 0.25) is 0 Å². The van der Waals surface area contributed by atoms with Crippen molar-refractivity contribution in [2.45, 2.75) is 64.4 Å². The van der Waals surface area contributed by atoms with Gasteiger partial charge in [-0.05, 0) is 73.4 Å². The van der Waals surface area contributed by atoms with Gasteiger partial charge in [-0.1, -0.05) is 11.6 Å². The molecule has 1 aromatic rings. The molecule has 0 saturated heterocycles. The third-order valence-electron chi connectivity index (χ3n) is 6.42. The van der Waals surface area contributed by atoms with Crippen LogP contribution in [0.5, 0.6) is 0 Å². The third-order valence-corrected chi connectivity index (χ3v) is 6.42. The molecule has 4 heteroatoms. The molecule has 0 radical (unpaired) electrons. The maximum absolute atomic E-state index is 12.5. The summed E-state index contributed by atoms with van der Waals surface area (Å²) in [5.41, 5.74) is 7.80. The van der Waals surface area contributed by atoms with Gasteiger partial charge >= 0.3 is 0 Å². The van der Waals surface area contributed by atoms with Gasteiger partial charge in [0.2, 0.25) is 0 Å². The molecule has 0 aliphatic heterocycles. The summed E-state index contributed by atoms with van der Waals surface area (Å²) in [7, 11) is 1.86. The van der Waals surface area contributed by atoms with Crippen molar-refractivity contribution in [2.75, 3.05) is 7.05 Å². The van der Waals surface area contributed by atoms with Crippen molar-refractivity contribution < 1.29 is 14.7 Å². The van der Waals surface area contributed by atoms with Gasteiger partial charge in [-0.2, -0.15) is 0 Å². The number of allylic oxidation sites excluding steroid dienone is 3. The first-order valence-corrected chi connectivity index (χ1v) is 9.93. The van der Waals surface area contributed by atoms with E-state index in [9.17, 15) is 14.7 Å². The van der Waals surface area contributed by atoms with Crippen LogP contribution in [-0.4, -0.2) is 23.7 Å². The summed E-state index contributed by atoms with van der Waals surface area (Å²) in [6.45, 7) is 3.98. The van der Waals surface area contributed by atoms with E-state index in [0.717, 1.165) is 70.3 Å². The normalized spacial score (nSPS) is 26.4. The summed E-state index contributed by atoms with van der Waals surface area (Å²) >= 11 is 0. The number of rotatable bonds is 2. The van der Waals surface area contributed by atoms with Crippen LogP contribution in [0, 0.1) is 6.92 Å². The Balaban J connectivity index is 1.99. The van der Waals surface area contributed by atoms with Gasteiger partial charge in [0.25, 0.3) is 0 Å². The van der Waals surface area contributed by atoms with Crippen molar-refractivity contribution in [3.63, 3.8) is 0 Å². The fraction of sp³-hybridized carbons (Fsp3) is 0.478. The van der Waals surface area contributed by atoms with Crippen molar-refractivity contribution in [3.05, 3.63) is 56.8 Å². The molecule has 0 saturated carbocycles. The number of aliphatic hydroxyl groups is 1. The number of nitrogens with one attached hydrogen (secondary N) is 1. The van der Waals surface area contributed by atoms with E-state index in [1.165, 1.54) is 0 Å². The highest BCUT2D eigenvalue weighted by Gasteiger charge is 2.42. The molecular weight excluding hydrogens is 338 g/mol. The Labute approximate surface area is 160 Å². The Morgan fingerprint density at radius 3 is 2.59 bits per heavy atom. The Bertz CT molecular complexity index is 907. The van der Waals surface area contributed by atoms with E-state index >= 15 is 0 Å². The van der Waals surface area contributed by atoms with Crippen LogP contribution < -0.4 is 5.32 Å². The first-order chi connectivity index (χ1) is 12.9. The SMILES string of the molecule is CN/C(C)=C1\C(O)c2c(cc(C)c3c2CCCC3=O)C1C1=CC(=O)CCC1. The van der Waals surface area contributed by atoms with Crippen LogP contribution in [0.4, 0.5) is 0 Å². The van der Waals surface area contributed by atoms with Crippen molar-refractivity contribution in [2.24, 2.45) is 0 Å². The first-order valence-electron chi connectivity index (χ1n) is 9.93. The smallest absolute Gasteiger partial charge is 0.163 e. The molecule has 4 nitrogen and oxygen atoms in total. The van der Waals surface area contributed by atoms with E-state index in [1.54, 1.807) is 6.08 Å². The van der Waals surface area contributed by atoms with Gasteiger partial charge in [0.15, 0.2) is 11.6 Å². The zero-order valence-electron chi connectivity index (χ0n) is 16.3. The number of aryl methyl sites for hydroxylation is 1. The van der Waals surface area contributed by atoms with E-state index in [2.05, 4.69) is 11.4 Å². The van der Waals surface area contributed by atoms with Crippen molar-refractivity contribution in [3.8, 4) is 0 Å². The van der Waals surface area contributed by atoms with E-state index in [0.29, 0.717) is 12.8 Å². The first kappa shape index (κ1) is 18.2. The molecule has 2 N–H and O–H groups in total. The van der Waals surface area contributed by atoms with Gasteiger partial charge in [0, 0.05) is 37.1 Å². The molecule has 0 spiro atoms. The summed E-state index contributed by atoms with van der Waals surface area (Å²) in [6, 6.07) is 2.08. The molecule has 27 heavy (non-hydrogen) atoms. The molecule has 3 aliphatic rings. The van der Waals surface area contributed by atoms with Gasteiger partial charge in [0.05, 0.1) is 0 Å². The standard InChI is InChI=1S/C23H27NO3/c1-12-10-17-21(14-6-4-7-15(25)11-14)20(13(2)24-3)23(27)22(17)16-8-5-9-18(26)19(12)16/h10-11,21,23-24,27H,4-9H2,1-3H3/b20-13-. The maximum atomic E-state index is 12.5. The molecule has 2 unspecified atom stereocenters. The van der Waals surface area contributed by atoms with Gasteiger partial charge in [0.1, 0.15) is 6.10 Å².